The number of halogens is 1. The molecule has 1 N–H and O–H groups in total. The highest BCUT2D eigenvalue weighted by atomic mass is 35.5. The first kappa shape index (κ1) is 14.7. The third kappa shape index (κ3) is 5.04. The van der Waals surface area contributed by atoms with E-state index in [-0.39, 0.29) is 10.4 Å². The predicted octanol–water partition coefficient (Wildman–Crippen LogP) is 2.66. The van der Waals surface area contributed by atoms with Gasteiger partial charge >= 0.3 is 0 Å². The van der Waals surface area contributed by atoms with Crippen molar-refractivity contribution in [1.82, 2.24) is 15.5 Å². The Labute approximate surface area is 121 Å². The number of carbonyl (C=O) groups excluding carboxylic acids is 1. The monoisotopic (exact) mass is 303 g/mol. The van der Waals surface area contributed by atoms with Gasteiger partial charge in [-0.15, -0.1) is 10.2 Å². The molecule has 1 heterocycles. The number of carbonyl (C=O) groups is 1. The van der Waals surface area contributed by atoms with Crippen molar-refractivity contribution >= 4 is 28.8 Å². The number of nitrogens with zero attached hydrogens (tertiary/aromatic N) is 2. The van der Waals surface area contributed by atoms with E-state index >= 15 is 0 Å². The lowest BCUT2D eigenvalue weighted by Crippen LogP contribution is -2.26. The molecule has 0 spiro atoms. The first-order valence-electron chi connectivity index (χ1n) is 6.64. The molecule has 0 aromatic carbocycles. The van der Waals surface area contributed by atoms with Crippen molar-refractivity contribution < 1.29 is 9.53 Å². The van der Waals surface area contributed by atoms with Crippen molar-refractivity contribution in [3.05, 3.63) is 9.47 Å². The number of nitrogens with one attached hydrogen (secondary N) is 1. The smallest absolute Gasteiger partial charge is 0.282 e. The topological polar surface area (TPSA) is 64.1 Å². The van der Waals surface area contributed by atoms with E-state index in [0.29, 0.717) is 24.3 Å². The molecule has 1 amide bonds. The summed E-state index contributed by atoms with van der Waals surface area (Å²) in [4.78, 5) is 11.6. The maximum Gasteiger partial charge on any atom is 0.282 e. The number of hydrogen-bond donors (Lipinski definition) is 1. The summed E-state index contributed by atoms with van der Waals surface area (Å²) in [5.74, 6) is -0.220. The Kier molecular flexibility index (Phi) is 6.00. The molecule has 0 atom stereocenters. The molecule has 0 radical (unpaired) electrons. The van der Waals surface area contributed by atoms with Gasteiger partial charge in [0.05, 0.1) is 6.10 Å². The summed E-state index contributed by atoms with van der Waals surface area (Å²) >= 11 is 6.70. The lowest BCUT2D eigenvalue weighted by atomic mass is 9.98. The predicted molar refractivity (Wildman–Crippen MR) is 74.7 cm³/mol. The van der Waals surface area contributed by atoms with Crippen LogP contribution in [0.15, 0.2) is 0 Å². The summed E-state index contributed by atoms with van der Waals surface area (Å²) in [6.45, 7) is 1.28. The Hall–Kier alpha value is -0.720. The van der Waals surface area contributed by atoms with E-state index in [2.05, 4.69) is 15.5 Å². The highest BCUT2D eigenvalue weighted by molar-refractivity contribution is 7.17. The van der Waals surface area contributed by atoms with Crippen LogP contribution in [0.3, 0.4) is 0 Å². The molecule has 7 heteroatoms. The molecule has 5 nitrogen and oxygen atoms in total. The second kappa shape index (κ2) is 7.77. The van der Waals surface area contributed by atoms with Crippen LogP contribution in [0, 0.1) is 0 Å². The maximum absolute atomic E-state index is 11.6. The van der Waals surface area contributed by atoms with Crippen molar-refractivity contribution in [3.63, 3.8) is 0 Å². The van der Waals surface area contributed by atoms with Gasteiger partial charge in [-0.3, -0.25) is 4.79 Å². The number of hydrogen-bond acceptors (Lipinski definition) is 5. The molecule has 106 valence electrons. The molecule has 0 aliphatic heterocycles. The first-order valence-corrected chi connectivity index (χ1v) is 7.84. The lowest BCUT2D eigenvalue weighted by Gasteiger charge is -2.21. The van der Waals surface area contributed by atoms with E-state index in [1.54, 1.807) is 0 Å². The van der Waals surface area contributed by atoms with Crippen LogP contribution in [0.4, 0.5) is 0 Å². The number of ether oxygens (including phenoxy) is 1. The zero-order valence-electron chi connectivity index (χ0n) is 10.7. The van der Waals surface area contributed by atoms with Crippen molar-refractivity contribution in [2.24, 2.45) is 0 Å². The van der Waals surface area contributed by atoms with Crippen LogP contribution in [0.2, 0.25) is 4.47 Å². The van der Waals surface area contributed by atoms with E-state index in [1.807, 2.05) is 0 Å². The standard InChI is InChI=1S/C12H18ClN3O2S/c13-12-16-15-11(19-12)10(17)14-7-4-8-18-9-5-2-1-3-6-9/h9H,1-8H2,(H,14,17). The maximum atomic E-state index is 11.6. The van der Waals surface area contributed by atoms with Crippen molar-refractivity contribution in [2.75, 3.05) is 13.2 Å². The molecule has 1 aromatic rings. The SMILES string of the molecule is O=C(NCCCOC1CCCCC1)c1nnc(Cl)s1. The van der Waals surface area contributed by atoms with Crippen molar-refractivity contribution in [3.8, 4) is 0 Å². The van der Waals surface area contributed by atoms with Crippen molar-refractivity contribution in [1.29, 1.82) is 0 Å². The summed E-state index contributed by atoms with van der Waals surface area (Å²) in [5.41, 5.74) is 0. The van der Waals surface area contributed by atoms with Gasteiger partial charge < -0.3 is 10.1 Å². The second-order valence-electron chi connectivity index (χ2n) is 4.60. The largest absolute Gasteiger partial charge is 0.378 e. The van der Waals surface area contributed by atoms with E-state index in [0.717, 1.165) is 17.8 Å². The van der Waals surface area contributed by atoms with Gasteiger partial charge in [-0.1, -0.05) is 30.6 Å². The highest BCUT2D eigenvalue weighted by Gasteiger charge is 2.14. The summed E-state index contributed by atoms with van der Waals surface area (Å²) < 4.78 is 6.06. The Morgan fingerprint density at radius 2 is 2.16 bits per heavy atom. The van der Waals surface area contributed by atoms with Crippen LogP contribution in [0.5, 0.6) is 0 Å². The molecule has 2 rings (SSSR count). The van der Waals surface area contributed by atoms with Gasteiger partial charge in [0.1, 0.15) is 0 Å². The summed E-state index contributed by atoms with van der Waals surface area (Å²) in [5, 5.41) is 10.4. The molecule has 0 bridgehead atoms. The van der Waals surface area contributed by atoms with Crippen LogP contribution < -0.4 is 5.32 Å². The fourth-order valence-electron chi connectivity index (χ4n) is 2.13. The molecule has 1 aliphatic carbocycles. The second-order valence-corrected chi connectivity index (χ2v) is 6.16. The van der Waals surface area contributed by atoms with Gasteiger partial charge in [0, 0.05) is 13.2 Å². The minimum atomic E-state index is -0.220. The van der Waals surface area contributed by atoms with Crippen LogP contribution in [-0.2, 0) is 4.74 Å². The van der Waals surface area contributed by atoms with E-state index < -0.39 is 0 Å². The average molecular weight is 304 g/mol. The summed E-state index contributed by atoms with van der Waals surface area (Å²) in [7, 11) is 0. The Balaban J connectivity index is 1.55. The minimum absolute atomic E-state index is 0.220. The van der Waals surface area contributed by atoms with Gasteiger partial charge in [-0.2, -0.15) is 0 Å². The van der Waals surface area contributed by atoms with E-state index in [4.69, 9.17) is 16.3 Å². The van der Waals surface area contributed by atoms with Gasteiger partial charge in [-0.25, -0.2) is 0 Å². The minimum Gasteiger partial charge on any atom is -0.378 e. The van der Waals surface area contributed by atoms with Gasteiger partial charge in [0.15, 0.2) is 0 Å². The number of amides is 1. The first-order chi connectivity index (χ1) is 9.25. The Morgan fingerprint density at radius 3 is 2.84 bits per heavy atom. The molecule has 0 saturated heterocycles. The highest BCUT2D eigenvalue weighted by Crippen LogP contribution is 2.20. The molecular weight excluding hydrogens is 286 g/mol. The third-order valence-electron chi connectivity index (χ3n) is 3.11. The zero-order valence-corrected chi connectivity index (χ0v) is 12.3. The van der Waals surface area contributed by atoms with Gasteiger partial charge in [-0.05, 0) is 30.9 Å². The van der Waals surface area contributed by atoms with Crippen LogP contribution in [0.1, 0.15) is 48.3 Å². The third-order valence-corrected chi connectivity index (χ3v) is 4.12. The molecule has 1 fully saturated rings. The lowest BCUT2D eigenvalue weighted by molar-refractivity contribution is 0.0273. The fraction of sp³-hybridized carbons (Fsp3) is 0.750. The van der Waals surface area contributed by atoms with E-state index in [9.17, 15) is 4.79 Å². The van der Waals surface area contributed by atoms with Crippen LogP contribution in [-0.4, -0.2) is 35.4 Å². The quantitative estimate of drug-likeness (QED) is 0.821. The van der Waals surface area contributed by atoms with E-state index in [1.165, 1.54) is 32.1 Å². The summed E-state index contributed by atoms with van der Waals surface area (Å²) in [6.07, 6.45) is 7.48. The summed E-state index contributed by atoms with van der Waals surface area (Å²) in [6, 6.07) is 0. The molecule has 0 unspecified atom stereocenters. The Bertz CT molecular complexity index is 407. The molecule has 1 aliphatic rings. The molecule has 1 saturated carbocycles. The molecule has 1 aromatic heterocycles. The molecular formula is C12H18ClN3O2S. The van der Waals surface area contributed by atoms with Gasteiger partial charge in [0.2, 0.25) is 9.47 Å². The van der Waals surface area contributed by atoms with Crippen molar-refractivity contribution in [2.45, 2.75) is 44.6 Å². The fourth-order valence-corrected chi connectivity index (χ4v) is 2.87. The average Bonchev–Trinajstić information content (AvgIpc) is 2.86. The van der Waals surface area contributed by atoms with Crippen LogP contribution in [0.25, 0.3) is 0 Å². The number of rotatable bonds is 6. The van der Waals surface area contributed by atoms with Gasteiger partial charge in [0.25, 0.3) is 5.91 Å². The van der Waals surface area contributed by atoms with Crippen LogP contribution >= 0.6 is 22.9 Å². The zero-order chi connectivity index (χ0) is 13.5. The molecule has 19 heavy (non-hydrogen) atoms. The normalized spacial score (nSPS) is 16.5. The Morgan fingerprint density at radius 1 is 1.37 bits per heavy atom. The number of aromatic nitrogens is 2.